The lowest BCUT2D eigenvalue weighted by molar-refractivity contribution is -0.141. The average molecular weight is 502 g/mol. The fourth-order valence-corrected chi connectivity index (χ4v) is 5.08. The molecule has 3 aromatic heterocycles. The minimum absolute atomic E-state index is 0.0640. The molecule has 0 aliphatic carbocycles. The number of alkyl halides is 3. The molecule has 3 atom stereocenters. The van der Waals surface area contributed by atoms with Gasteiger partial charge < -0.3 is 9.47 Å². The maximum Gasteiger partial charge on any atom is 0.433 e. The molecule has 0 bridgehead atoms. The molecule has 0 aromatic carbocycles. The van der Waals surface area contributed by atoms with E-state index >= 15 is 0 Å². The summed E-state index contributed by atoms with van der Waals surface area (Å²) in [6.07, 6.45) is 0.200. The maximum atomic E-state index is 13.0. The molecule has 0 radical (unpaired) electrons. The monoisotopic (exact) mass is 501 g/mol. The summed E-state index contributed by atoms with van der Waals surface area (Å²) in [5.41, 5.74) is 1.78. The molecule has 0 N–H and O–H groups in total. The van der Waals surface area contributed by atoms with Crippen LogP contribution in [0.3, 0.4) is 0 Å². The summed E-state index contributed by atoms with van der Waals surface area (Å²) in [5, 5.41) is 13.7. The van der Waals surface area contributed by atoms with E-state index in [2.05, 4.69) is 39.8 Å². The first-order valence-corrected chi connectivity index (χ1v) is 12.1. The highest BCUT2D eigenvalue weighted by molar-refractivity contribution is 5.88. The predicted molar refractivity (Wildman–Crippen MR) is 130 cm³/mol. The van der Waals surface area contributed by atoms with Crippen LogP contribution in [-0.2, 0) is 19.8 Å². The second-order valence-electron chi connectivity index (χ2n) is 9.27. The van der Waals surface area contributed by atoms with E-state index in [-0.39, 0.29) is 30.2 Å². The van der Waals surface area contributed by atoms with E-state index < -0.39 is 11.9 Å². The fourth-order valence-electron chi connectivity index (χ4n) is 5.08. The molecule has 1 saturated heterocycles. The molecule has 1 fully saturated rings. The molecule has 1 unspecified atom stereocenters. The maximum absolute atomic E-state index is 13.0. The highest BCUT2D eigenvalue weighted by Gasteiger charge is 2.37. The number of fused-ring (bicyclic) bond motifs is 1. The third kappa shape index (κ3) is 4.69. The Labute approximate surface area is 207 Å². The SMILES string of the molecule is CC[C@H]1CN(C(C)c2ccc(C(F)(F)F)nc2)[C@H](CC)CN1c1cc(=O)n(C)c2cn(CC#N)nc12. The van der Waals surface area contributed by atoms with Gasteiger partial charge in [0.15, 0.2) is 0 Å². The molecule has 0 saturated carbocycles. The quantitative estimate of drug-likeness (QED) is 0.506. The Kier molecular flexibility index (Phi) is 7.09. The zero-order valence-corrected chi connectivity index (χ0v) is 20.8. The van der Waals surface area contributed by atoms with E-state index in [0.717, 1.165) is 30.2 Å². The molecule has 1 aliphatic rings. The topological polar surface area (TPSA) is 83.0 Å². The van der Waals surface area contributed by atoms with Gasteiger partial charge in [-0.25, -0.2) is 0 Å². The van der Waals surface area contributed by atoms with Crippen LogP contribution in [0.15, 0.2) is 35.4 Å². The number of piperazine rings is 1. The summed E-state index contributed by atoms with van der Waals surface area (Å²) in [6.45, 7) is 7.56. The Morgan fingerprint density at radius 1 is 1.19 bits per heavy atom. The Bertz CT molecular complexity index is 1320. The highest BCUT2D eigenvalue weighted by atomic mass is 19.4. The van der Waals surface area contributed by atoms with E-state index in [9.17, 15) is 18.0 Å². The summed E-state index contributed by atoms with van der Waals surface area (Å²) in [4.78, 5) is 21.0. The number of aryl methyl sites for hydroxylation is 1. The molecule has 4 heterocycles. The number of nitrogens with zero attached hydrogens (tertiary/aromatic N) is 7. The van der Waals surface area contributed by atoms with Crippen molar-refractivity contribution < 1.29 is 13.2 Å². The summed E-state index contributed by atoms with van der Waals surface area (Å²) >= 11 is 0. The second-order valence-corrected chi connectivity index (χ2v) is 9.27. The second kappa shape index (κ2) is 9.93. The Morgan fingerprint density at radius 3 is 2.50 bits per heavy atom. The van der Waals surface area contributed by atoms with Crippen LogP contribution in [0.5, 0.6) is 0 Å². The van der Waals surface area contributed by atoms with Crippen molar-refractivity contribution in [3.05, 3.63) is 52.2 Å². The van der Waals surface area contributed by atoms with Crippen LogP contribution in [0, 0.1) is 11.3 Å². The van der Waals surface area contributed by atoms with E-state index in [1.54, 1.807) is 24.0 Å². The van der Waals surface area contributed by atoms with Gasteiger partial charge >= 0.3 is 6.18 Å². The number of aromatic nitrogens is 4. The van der Waals surface area contributed by atoms with Gasteiger partial charge in [0.1, 0.15) is 17.8 Å². The van der Waals surface area contributed by atoms with Gasteiger partial charge in [0, 0.05) is 50.5 Å². The van der Waals surface area contributed by atoms with Gasteiger partial charge in [0.05, 0.1) is 23.5 Å². The molecule has 1 aliphatic heterocycles. The van der Waals surface area contributed by atoms with Crippen molar-refractivity contribution in [1.29, 1.82) is 5.26 Å². The lowest BCUT2D eigenvalue weighted by Crippen LogP contribution is -2.58. The Balaban J connectivity index is 1.68. The van der Waals surface area contributed by atoms with E-state index in [1.165, 1.54) is 16.8 Å². The van der Waals surface area contributed by atoms with Crippen LogP contribution in [0.25, 0.3) is 11.0 Å². The smallest absolute Gasteiger partial charge is 0.364 e. The van der Waals surface area contributed by atoms with Crippen molar-refractivity contribution in [2.24, 2.45) is 7.05 Å². The lowest BCUT2D eigenvalue weighted by Gasteiger charge is -2.49. The van der Waals surface area contributed by atoms with E-state index in [4.69, 9.17) is 5.26 Å². The number of anilines is 1. The first-order valence-electron chi connectivity index (χ1n) is 12.1. The Morgan fingerprint density at radius 2 is 1.92 bits per heavy atom. The van der Waals surface area contributed by atoms with Gasteiger partial charge in [0.2, 0.25) is 0 Å². The van der Waals surface area contributed by atoms with Gasteiger partial charge in [-0.3, -0.25) is 19.4 Å². The molecule has 36 heavy (non-hydrogen) atoms. The molecule has 192 valence electrons. The summed E-state index contributed by atoms with van der Waals surface area (Å²) in [5.74, 6) is 0. The van der Waals surface area contributed by atoms with E-state index in [0.29, 0.717) is 24.1 Å². The van der Waals surface area contributed by atoms with Gasteiger partial charge in [-0.1, -0.05) is 19.9 Å². The fraction of sp³-hybridized carbons (Fsp3) is 0.520. The normalized spacial score (nSPS) is 20.0. The van der Waals surface area contributed by atoms with Crippen molar-refractivity contribution in [3.63, 3.8) is 0 Å². The van der Waals surface area contributed by atoms with Gasteiger partial charge in [-0.05, 0) is 31.4 Å². The minimum atomic E-state index is -4.47. The van der Waals surface area contributed by atoms with Gasteiger partial charge in [0.25, 0.3) is 5.56 Å². The van der Waals surface area contributed by atoms with Crippen LogP contribution in [0.4, 0.5) is 18.9 Å². The van der Waals surface area contributed by atoms with Gasteiger partial charge in [-0.2, -0.15) is 23.5 Å². The van der Waals surface area contributed by atoms with Crippen molar-refractivity contribution in [2.75, 3.05) is 18.0 Å². The number of pyridine rings is 2. The number of hydrogen-bond acceptors (Lipinski definition) is 6. The minimum Gasteiger partial charge on any atom is -0.364 e. The first kappa shape index (κ1) is 25.7. The molecule has 4 rings (SSSR count). The van der Waals surface area contributed by atoms with Crippen LogP contribution in [-0.4, -0.2) is 49.4 Å². The largest absolute Gasteiger partial charge is 0.433 e. The molecular formula is C25H30F3N7O. The molecule has 11 heteroatoms. The van der Waals surface area contributed by atoms with Crippen LogP contribution in [0.2, 0.25) is 0 Å². The molecule has 0 amide bonds. The zero-order valence-electron chi connectivity index (χ0n) is 20.8. The van der Waals surface area contributed by atoms with E-state index in [1.807, 2.05) is 6.92 Å². The third-order valence-corrected chi connectivity index (χ3v) is 7.22. The van der Waals surface area contributed by atoms with Crippen LogP contribution < -0.4 is 10.5 Å². The zero-order chi connectivity index (χ0) is 26.2. The Hall–Kier alpha value is -3.39. The van der Waals surface area contributed by atoms with Crippen molar-refractivity contribution in [3.8, 4) is 6.07 Å². The lowest BCUT2D eigenvalue weighted by atomic mass is 9.97. The number of nitriles is 1. The number of hydrogen-bond donors (Lipinski definition) is 0. The predicted octanol–water partition coefficient (Wildman–Crippen LogP) is 4.11. The summed E-state index contributed by atoms with van der Waals surface area (Å²) in [7, 11) is 1.69. The van der Waals surface area contributed by atoms with Crippen LogP contribution >= 0.6 is 0 Å². The molecule has 3 aromatic rings. The third-order valence-electron chi connectivity index (χ3n) is 7.22. The molecule has 8 nitrogen and oxygen atoms in total. The highest BCUT2D eigenvalue weighted by Crippen LogP contribution is 2.35. The average Bonchev–Trinajstić information content (AvgIpc) is 3.29. The summed E-state index contributed by atoms with van der Waals surface area (Å²) in [6, 6.07) is 6.28. The van der Waals surface area contributed by atoms with Crippen molar-refractivity contribution in [1.82, 2.24) is 24.2 Å². The molecule has 0 spiro atoms. The van der Waals surface area contributed by atoms with Crippen LogP contribution in [0.1, 0.15) is 50.9 Å². The van der Waals surface area contributed by atoms with Gasteiger partial charge in [-0.15, -0.1) is 0 Å². The number of halogens is 3. The van der Waals surface area contributed by atoms with Crippen molar-refractivity contribution >= 4 is 16.7 Å². The summed E-state index contributed by atoms with van der Waals surface area (Å²) < 4.78 is 42.0. The molecular weight excluding hydrogens is 471 g/mol. The standard InChI is InChI=1S/C25H30F3N7O/c1-5-18-14-35(20-11-23(36)32(4)21-15-33(10-9-29)31-24(20)21)19(6-2)13-34(18)16(3)17-7-8-22(30-12-17)25(26,27)28/h7-8,11-12,15-16,18-19H,5-6,10,13-14H2,1-4H3/t16?,18-,19+/m1/s1. The van der Waals surface area contributed by atoms with Crippen molar-refractivity contribution in [2.45, 2.75) is 64.5 Å². The first-order chi connectivity index (χ1) is 17.1. The number of rotatable bonds is 6.